The molecule has 0 saturated carbocycles. The summed E-state index contributed by atoms with van der Waals surface area (Å²) in [5, 5.41) is 0. The van der Waals surface area contributed by atoms with Crippen LogP contribution in [0.5, 0.6) is 0 Å². The van der Waals surface area contributed by atoms with Crippen molar-refractivity contribution < 1.29 is 9.59 Å². The summed E-state index contributed by atoms with van der Waals surface area (Å²) in [4.78, 5) is 28.3. The number of benzene rings is 2. The number of hydrogen-bond acceptors (Lipinski definition) is 2. The van der Waals surface area contributed by atoms with Crippen LogP contribution in [-0.4, -0.2) is 25.4 Å². The van der Waals surface area contributed by atoms with Crippen LogP contribution in [-0.2, 0) is 4.79 Å². The fourth-order valence-electron chi connectivity index (χ4n) is 2.60. The first-order valence-electron chi connectivity index (χ1n) is 7.01. The standard InChI is InChI=1S/C17H15BrN2O2/c1-19-14-9-5-8-13(18)16(14)20(11-10-15(19)21)17(22)12-6-3-2-4-7-12/h2-9H,10-11H2,1H3. The molecule has 2 aromatic rings. The van der Waals surface area contributed by atoms with Crippen molar-refractivity contribution in [2.75, 3.05) is 23.4 Å². The number of rotatable bonds is 1. The quantitative estimate of drug-likeness (QED) is 0.783. The van der Waals surface area contributed by atoms with Crippen molar-refractivity contribution in [2.45, 2.75) is 6.42 Å². The van der Waals surface area contributed by atoms with Crippen molar-refractivity contribution >= 4 is 39.1 Å². The molecule has 5 heteroatoms. The van der Waals surface area contributed by atoms with Crippen LogP contribution in [0.1, 0.15) is 16.8 Å². The second-order valence-electron chi connectivity index (χ2n) is 5.13. The zero-order valence-corrected chi connectivity index (χ0v) is 13.7. The first-order chi connectivity index (χ1) is 10.6. The number of para-hydroxylation sites is 1. The third kappa shape index (κ3) is 2.52. The maximum absolute atomic E-state index is 12.9. The minimum absolute atomic E-state index is 0.00251. The predicted molar refractivity (Wildman–Crippen MR) is 90.3 cm³/mol. The summed E-state index contributed by atoms with van der Waals surface area (Å²) in [5.41, 5.74) is 2.09. The van der Waals surface area contributed by atoms with E-state index < -0.39 is 0 Å². The Hall–Kier alpha value is -2.14. The summed E-state index contributed by atoms with van der Waals surface area (Å²) < 4.78 is 0.802. The van der Waals surface area contributed by atoms with E-state index >= 15 is 0 Å². The van der Waals surface area contributed by atoms with E-state index in [-0.39, 0.29) is 11.8 Å². The van der Waals surface area contributed by atoms with Crippen LogP contribution < -0.4 is 9.80 Å². The molecule has 0 spiro atoms. The molecule has 0 N–H and O–H groups in total. The molecule has 4 nitrogen and oxygen atoms in total. The Labute approximate surface area is 137 Å². The number of anilines is 2. The molecule has 2 amide bonds. The molecular weight excluding hydrogens is 344 g/mol. The van der Waals surface area contributed by atoms with Gasteiger partial charge in [-0.1, -0.05) is 24.3 Å². The monoisotopic (exact) mass is 358 g/mol. The molecule has 1 aliphatic rings. The Balaban J connectivity index is 2.11. The second-order valence-corrected chi connectivity index (χ2v) is 5.99. The Kier molecular flexibility index (Phi) is 3.98. The molecule has 0 aromatic heterocycles. The van der Waals surface area contributed by atoms with Crippen LogP contribution in [0.3, 0.4) is 0 Å². The van der Waals surface area contributed by atoms with Crippen molar-refractivity contribution in [3.8, 4) is 0 Å². The molecule has 22 heavy (non-hydrogen) atoms. The second kappa shape index (κ2) is 5.93. The highest BCUT2D eigenvalue weighted by Gasteiger charge is 2.29. The fourth-order valence-corrected chi connectivity index (χ4v) is 3.17. The Morgan fingerprint density at radius 2 is 1.82 bits per heavy atom. The van der Waals surface area contributed by atoms with Crippen LogP contribution in [0.25, 0.3) is 0 Å². The van der Waals surface area contributed by atoms with Gasteiger partial charge in [0.25, 0.3) is 5.91 Å². The van der Waals surface area contributed by atoms with Gasteiger partial charge in [-0.2, -0.15) is 0 Å². The zero-order chi connectivity index (χ0) is 15.7. The molecule has 0 bridgehead atoms. The highest BCUT2D eigenvalue weighted by Crippen LogP contribution is 2.38. The van der Waals surface area contributed by atoms with E-state index in [9.17, 15) is 9.59 Å². The van der Waals surface area contributed by atoms with Gasteiger partial charge in [0.15, 0.2) is 0 Å². The van der Waals surface area contributed by atoms with E-state index in [1.807, 2.05) is 36.4 Å². The molecule has 1 heterocycles. The average Bonchev–Trinajstić information content (AvgIpc) is 2.67. The van der Waals surface area contributed by atoms with Gasteiger partial charge in [0, 0.05) is 30.0 Å². The lowest BCUT2D eigenvalue weighted by atomic mass is 10.1. The van der Waals surface area contributed by atoms with Gasteiger partial charge in [0.1, 0.15) is 0 Å². The summed E-state index contributed by atoms with van der Waals surface area (Å²) in [7, 11) is 1.74. The molecule has 0 aliphatic carbocycles. The van der Waals surface area contributed by atoms with Crippen LogP contribution in [0, 0.1) is 0 Å². The Bertz CT molecular complexity index is 731. The zero-order valence-electron chi connectivity index (χ0n) is 12.1. The highest BCUT2D eigenvalue weighted by atomic mass is 79.9. The lowest BCUT2D eigenvalue weighted by Gasteiger charge is -2.25. The van der Waals surface area contributed by atoms with Crippen LogP contribution in [0.2, 0.25) is 0 Å². The lowest BCUT2D eigenvalue weighted by molar-refractivity contribution is -0.118. The number of fused-ring (bicyclic) bond motifs is 1. The van der Waals surface area contributed by atoms with Crippen molar-refractivity contribution in [1.82, 2.24) is 0 Å². The first-order valence-corrected chi connectivity index (χ1v) is 7.81. The van der Waals surface area contributed by atoms with Gasteiger partial charge < -0.3 is 9.80 Å². The van der Waals surface area contributed by atoms with Crippen LogP contribution >= 0.6 is 15.9 Å². The van der Waals surface area contributed by atoms with Gasteiger partial charge in [-0.25, -0.2) is 0 Å². The van der Waals surface area contributed by atoms with Crippen molar-refractivity contribution in [3.05, 3.63) is 58.6 Å². The molecule has 0 saturated heterocycles. The van der Waals surface area contributed by atoms with E-state index in [0.717, 1.165) is 15.8 Å². The predicted octanol–water partition coefficient (Wildman–Crippen LogP) is 3.46. The molecule has 2 aromatic carbocycles. The number of amides is 2. The molecule has 0 radical (unpaired) electrons. The van der Waals surface area contributed by atoms with Gasteiger partial charge >= 0.3 is 0 Å². The molecule has 112 valence electrons. The van der Waals surface area contributed by atoms with Crippen molar-refractivity contribution in [2.24, 2.45) is 0 Å². The maximum atomic E-state index is 12.9. The van der Waals surface area contributed by atoms with Gasteiger partial charge in [0.05, 0.1) is 11.4 Å². The lowest BCUT2D eigenvalue weighted by Crippen LogP contribution is -2.32. The molecule has 1 aliphatic heterocycles. The van der Waals surface area contributed by atoms with Crippen LogP contribution in [0.15, 0.2) is 53.0 Å². The summed E-state index contributed by atoms with van der Waals surface area (Å²) >= 11 is 3.51. The van der Waals surface area contributed by atoms with E-state index in [2.05, 4.69) is 15.9 Å². The summed E-state index contributed by atoms with van der Waals surface area (Å²) in [6, 6.07) is 14.7. The number of hydrogen-bond donors (Lipinski definition) is 0. The molecule has 3 rings (SSSR count). The molecular formula is C17H15BrN2O2. The van der Waals surface area contributed by atoms with E-state index in [4.69, 9.17) is 0 Å². The number of halogens is 1. The average molecular weight is 359 g/mol. The third-order valence-electron chi connectivity index (χ3n) is 3.79. The van der Waals surface area contributed by atoms with E-state index in [0.29, 0.717) is 18.5 Å². The van der Waals surface area contributed by atoms with Gasteiger partial charge in [-0.15, -0.1) is 0 Å². The van der Waals surface area contributed by atoms with Gasteiger partial charge in [-0.3, -0.25) is 9.59 Å². The normalized spacial score (nSPS) is 14.5. The summed E-state index contributed by atoms with van der Waals surface area (Å²) in [6.45, 7) is 0.368. The highest BCUT2D eigenvalue weighted by molar-refractivity contribution is 9.10. The SMILES string of the molecule is CN1C(=O)CCN(C(=O)c2ccccc2)c2c(Br)cccc21. The first kappa shape index (κ1) is 14.8. The smallest absolute Gasteiger partial charge is 0.258 e. The third-order valence-corrected chi connectivity index (χ3v) is 4.43. The minimum Gasteiger partial charge on any atom is -0.313 e. The Morgan fingerprint density at radius 3 is 2.55 bits per heavy atom. The molecule has 0 unspecified atom stereocenters. The maximum Gasteiger partial charge on any atom is 0.258 e. The van der Waals surface area contributed by atoms with Crippen molar-refractivity contribution in [1.29, 1.82) is 0 Å². The van der Waals surface area contributed by atoms with Gasteiger partial charge in [0.2, 0.25) is 5.91 Å². The number of carbonyl (C=O) groups is 2. The summed E-state index contributed by atoms with van der Waals surface area (Å²) in [5.74, 6) is -0.0976. The van der Waals surface area contributed by atoms with Crippen LogP contribution in [0.4, 0.5) is 11.4 Å². The van der Waals surface area contributed by atoms with Crippen molar-refractivity contribution in [3.63, 3.8) is 0 Å². The largest absolute Gasteiger partial charge is 0.313 e. The fraction of sp³-hybridized carbons (Fsp3) is 0.176. The molecule has 0 atom stereocenters. The summed E-state index contributed by atoms with van der Waals surface area (Å²) in [6.07, 6.45) is 0.302. The van der Waals surface area contributed by atoms with E-state index in [1.165, 1.54) is 0 Å². The number of nitrogens with zero attached hydrogens (tertiary/aromatic N) is 2. The van der Waals surface area contributed by atoms with Gasteiger partial charge in [-0.05, 0) is 40.2 Å². The van der Waals surface area contributed by atoms with E-state index in [1.54, 1.807) is 29.0 Å². The topological polar surface area (TPSA) is 40.6 Å². The number of carbonyl (C=O) groups excluding carboxylic acids is 2. The molecule has 0 fully saturated rings. The minimum atomic E-state index is -0.100. The Morgan fingerprint density at radius 1 is 1.09 bits per heavy atom.